The van der Waals surface area contributed by atoms with E-state index < -0.39 is 17.6 Å². The summed E-state index contributed by atoms with van der Waals surface area (Å²) in [5, 5.41) is 0. The number of ether oxygens (including phenoxy) is 2. The summed E-state index contributed by atoms with van der Waals surface area (Å²) in [4.78, 5) is 28.4. The van der Waals surface area contributed by atoms with E-state index in [2.05, 4.69) is 31.8 Å². The Labute approximate surface area is 180 Å². The molecule has 0 atom stereocenters. The summed E-state index contributed by atoms with van der Waals surface area (Å²) >= 11 is 3.19. The van der Waals surface area contributed by atoms with Gasteiger partial charge >= 0.3 is 0 Å². The van der Waals surface area contributed by atoms with Crippen molar-refractivity contribution in [2.45, 2.75) is 6.92 Å². The molecule has 0 aliphatic heterocycles. The molecule has 3 aromatic rings. The van der Waals surface area contributed by atoms with E-state index >= 15 is 0 Å². The van der Waals surface area contributed by atoms with Crippen LogP contribution in [-0.2, 0) is 4.79 Å². The maximum absolute atomic E-state index is 13.2. The lowest BCUT2D eigenvalue weighted by atomic mass is 10.2. The number of hydrogen-bond donors (Lipinski definition) is 2. The molecule has 9 heteroatoms. The molecule has 1 heterocycles. The monoisotopic (exact) mass is 473 g/mol. The zero-order chi connectivity index (χ0) is 21.5. The largest absolute Gasteiger partial charge is 0.484 e. The Kier molecular flexibility index (Phi) is 6.97. The van der Waals surface area contributed by atoms with Gasteiger partial charge in [0.05, 0.1) is 4.47 Å². The van der Waals surface area contributed by atoms with Gasteiger partial charge in [-0.05, 0) is 70.9 Å². The summed E-state index contributed by atoms with van der Waals surface area (Å²) in [5.41, 5.74) is 5.63. The van der Waals surface area contributed by atoms with Crippen molar-refractivity contribution in [1.82, 2.24) is 15.8 Å². The van der Waals surface area contributed by atoms with Crippen molar-refractivity contribution in [2.75, 3.05) is 6.61 Å². The third-order valence-corrected chi connectivity index (χ3v) is 4.41. The SMILES string of the molecule is Cc1cccc(OCC(=O)NNC(=O)c2cccnc2Oc2ccc(F)cc2Br)c1. The van der Waals surface area contributed by atoms with Crippen LogP contribution in [0.1, 0.15) is 15.9 Å². The highest BCUT2D eigenvalue weighted by Gasteiger charge is 2.16. The Balaban J connectivity index is 1.59. The number of hydrazine groups is 1. The summed E-state index contributed by atoms with van der Waals surface area (Å²) in [7, 11) is 0. The van der Waals surface area contributed by atoms with Gasteiger partial charge in [0.1, 0.15) is 22.9 Å². The highest BCUT2D eigenvalue weighted by molar-refractivity contribution is 9.10. The number of nitrogens with zero attached hydrogens (tertiary/aromatic N) is 1. The number of halogens is 2. The minimum Gasteiger partial charge on any atom is -0.484 e. The fourth-order valence-electron chi connectivity index (χ4n) is 2.39. The maximum atomic E-state index is 13.2. The first-order valence-electron chi connectivity index (χ1n) is 8.79. The van der Waals surface area contributed by atoms with Gasteiger partial charge in [0.2, 0.25) is 5.88 Å². The molecule has 0 unspecified atom stereocenters. The molecule has 1 aromatic heterocycles. The van der Waals surface area contributed by atoms with Crippen LogP contribution in [0.5, 0.6) is 17.4 Å². The van der Waals surface area contributed by atoms with Crippen LogP contribution in [0.2, 0.25) is 0 Å². The van der Waals surface area contributed by atoms with Gasteiger partial charge in [-0.15, -0.1) is 0 Å². The molecule has 0 saturated heterocycles. The van der Waals surface area contributed by atoms with E-state index in [0.29, 0.717) is 10.2 Å². The number of rotatable bonds is 6. The zero-order valence-electron chi connectivity index (χ0n) is 15.8. The molecule has 0 fully saturated rings. The van der Waals surface area contributed by atoms with E-state index in [0.717, 1.165) is 5.56 Å². The quantitative estimate of drug-likeness (QED) is 0.529. The van der Waals surface area contributed by atoms with E-state index in [1.165, 1.54) is 30.5 Å². The summed E-state index contributed by atoms with van der Waals surface area (Å²) in [6.07, 6.45) is 1.44. The molecule has 0 radical (unpaired) electrons. The molecule has 2 amide bonds. The number of aromatic nitrogens is 1. The molecule has 0 aliphatic carbocycles. The zero-order valence-corrected chi connectivity index (χ0v) is 17.4. The van der Waals surface area contributed by atoms with Crippen LogP contribution in [-0.4, -0.2) is 23.4 Å². The molecule has 154 valence electrons. The number of amides is 2. The summed E-state index contributed by atoms with van der Waals surface area (Å²) in [6, 6.07) is 14.1. The number of hydrogen-bond acceptors (Lipinski definition) is 5. The number of pyridine rings is 1. The van der Waals surface area contributed by atoms with E-state index in [4.69, 9.17) is 9.47 Å². The Morgan fingerprint density at radius 2 is 1.93 bits per heavy atom. The molecule has 0 spiro atoms. The van der Waals surface area contributed by atoms with Crippen molar-refractivity contribution in [3.63, 3.8) is 0 Å². The summed E-state index contributed by atoms with van der Waals surface area (Å²) < 4.78 is 24.6. The fraction of sp³-hybridized carbons (Fsp3) is 0.0952. The summed E-state index contributed by atoms with van der Waals surface area (Å²) in [5.74, 6) is -0.807. The van der Waals surface area contributed by atoms with Crippen LogP contribution in [0.15, 0.2) is 65.3 Å². The predicted molar refractivity (Wildman–Crippen MR) is 111 cm³/mol. The van der Waals surface area contributed by atoms with Crippen molar-refractivity contribution >= 4 is 27.7 Å². The molecule has 0 aliphatic rings. The average Bonchev–Trinajstić information content (AvgIpc) is 2.73. The first-order valence-corrected chi connectivity index (χ1v) is 9.58. The first-order chi connectivity index (χ1) is 14.4. The van der Waals surface area contributed by atoms with Crippen LogP contribution in [0.4, 0.5) is 4.39 Å². The van der Waals surface area contributed by atoms with Gasteiger partial charge in [0.15, 0.2) is 6.61 Å². The van der Waals surface area contributed by atoms with Crippen LogP contribution in [0.3, 0.4) is 0 Å². The Bertz CT molecular complexity index is 1080. The smallest absolute Gasteiger partial charge is 0.276 e. The minimum atomic E-state index is -0.639. The topological polar surface area (TPSA) is 89.6 Å². The van der Waals surface area contributed by atoms with Crippen molar-refractivity contribution in [1.29, 1.82) is 0 Å². The van der Waals surface area contributed by atoms with E-state index in [1.54, 1.807) is 18.2 Å². The Morgan fingerprint density at radius 3 is 2.70 bits per heavy atom. The fourth-order valence-corrected chi connectivity index (χ4v) is 2.82. The predicted octanol–water partition coefficient (Wildman–Crippen LogP) is 3.92. The maximum Gasteiger partial charge on any atom is 0.276 e. The van der Waals surface area contributed by atoms with Crippen molar-refractivity contribution in [3.8, 4) is 17.4 Å². The lowest BCUT2D eigenvalue weighted by Crippen LogP contribution is -2.44. The molecule has 30 heavy (non-hydrogen) atoms. The van der Waals surface area contributed by atoms with Gasteiger partial charge in [-0.1, -0.05) is 12.1 Å². The van der Waals surface area contributed by atoms with Gasteiger partial charge in [-0.3, -0.25) is 20.4 Å². The molecular formula is C21H17BrFN3O4. The molecule has 2 aromatic carbocycles. The Hall–Kier alpha value is -3.46. The molecule has 0 saturated carbocycles. The van der Waals surface area contributed by atoms with Gasteiger partial charge in [0.25, 0.3) is 11.8 Å². The first kappa shape index (κ1) is 21.3. The standard InChI is InChI=1S/C21H17BrFN3O4/c1-13-4-2-5-15(10-13)29-12-19(27)25-26-20(28)16-6-3-9-24-21(16)30-18-8-7-14(23)11-17(18)22/h2-11H,12H2,1H3,(H,25,27)(H,26,28). The third kappa shape index (κ3) is 5.77. The number of carbonyl (C=O) groups is 2. The van der Waals surface area contributed by atoms with Gasteiger partial charge in [-0.25, -0.2) is 9.37 Å². The molecule has 0 bridgehead atoms. The highest BCUT2D eigenvalue weighted by atomic mass is 79.9. The van der Waals surface area contributed by atoms with Crippen LogP contribution in [0, 0.1) is 12.7 Å². The minimum absolute atomic E-state index is 0.00688. The summed E-state index contributed by atoms with van der Waals surface area (Å²) in [6.45, 7) is 1.63. The number of aryl methyl sites for hydroxylation is 1. The third-order valence-electron chi connectivity index (χ3n) is 3.79. The number of nitrogens with one attached hydrogen (secondary N) is 2. The van der Waals surface area contributed by atoms with Crippen molar-refractivity contribution < 1.29 is 23.5 Å². The van der Waals surface area contributed by atoms with E-state index in [9.17, 15) is 14.0 Å². The van der Waals surface area contributed by atoms with Gasteiger partial charge in [0, 0.05) is 6.20 Å². The van der Waals surface area contributed by atoms with Crippen molar-refractivity contribution in [2.24, 2.45) is 0 Å². The number of benzene rings is 2. The lowest BCUT2D eigenvalue weighted by Gasteiger charge is -2.12. The molecule has 2 N–H and O–H groups in total. The van der Waals surface area contributed by atoms with Crippen LogP contribution >= 0.6 is 15.9 Å². The van der Waals surface area contributed by atoms with E-state index in [1.807, 2.05) is 19.1 Å². The van der Waals surface area contributed by atoms with Crippen LogP contribution < -0.4 is 20.3 Å². The number of carbonyl (C=O) groups excluding carboxylic acids is 2. The molecular weight excluding hydrogens is 457 g/mol. The van der Waals surface area contributed by atoms with Gasteiger partial charge in [-0.2, -0.15) is 0 Å². The van der Waals surface area contributed by atoms with E-state index in [-0.39, 0.29) is 23.8 Å². The van der Waals surface area contributed by atoms with Gasteiger partial charge < -0.3 is 9.47 Å². The molecule has 7 nitrogen and oxygen atoms in total. The second kappa shape index (κ2) is 9.84. The average molecular weight is 474 g/mol. The molecule has 3 rings (SSSR count). The second-order valence-corrected chi connectivity index (χ2v) is 6.99. The normalized spacial score (nSPS) is 10.2. The van der Waals surface area contributed by atoms with Crippen molar-refractivity contribution in [3.05, 3.63) is 82.2 Å². The highest BCUT2D eigenvalue weighted by Crippen LogP contribution is 2.30. The Morgan fingerprint density at radius 1 is 1.10 bits per heavy atom. The second-order valence-electron chi connectivity index (χ2n) is 6.14. The lowest BCUT2D eigenvalue weighted by molar-refractivity contribution is -0.123. The van der Waals surface area contributed by atoms with Crippen LogP contribution in [0.25, 0.3) is 0 Å².